The fourth-order valence-electron chi connectivity index (χ4n) is 13.9. The lowest BCUT2D eigenvalue weighted by atomic mass is 9.62. The molecule has 0 aliphatic heterocycles. The topological polar surface area (TPSA) is 326 Å². The van der Waals surface area contributed by atoms with Gasteiger partial charge < -0.3 is 79.5 Å². The molecule has 4 aliphatic carbocycles. The van der Waals surface area contributed by atoms with Crippen LogP contribution < -0.4 is 28.4 Å². The Balaban J connectivity index is 1.22. The summed E-state index contributed by atoms with van der Waals surface area (Å²) in [6, 6.07) is 14.7. The number of aromatic hydroxyl groups is 6. The number of benzene rings is 8. The van der Waals surface area contributed by atoms with Crippen LogP contribution in [0.4, 0.5) is 0 Å². The van der Waals surface area contributed by atoms with E-state index in [1.54, 1.807) is 26.0 Å². The van der Waals surface area contributed by atoms with Crippen LogP contribution in [0.2, 0.25) is 0 Å². The van der Waals surface area contributed by atoms with Gasteiger partial charge in [-0.15, -0.1) is 0 Å². The first kappa shape index (κ1) is 56.9. The number of ketones is 4. The highest BCUT2D eigenvalue weighted by molar-refractivity contribution is 6.23. The van der Waals surface area contributed by atoms with Crippen molar-refractivity contribution < 1.29 is 98.7 Å². The molecule has 0 amide bonds. The molecule has 20 heteroatoms. The number of phenols is 6. The number of carbonyl (C=O) groups is 4. The number of phenolic OH excluding ortho intramolecular Hbond substituents is 6. The minimum atomic E-state index is -2.16. The number of rotatable bonds is 9. The smallest absolute Gasteiger partial charge is 0.201 e. The summed E-state index contributed by atoms with van der Waals surface area (Å²) in [5.74, 6) is -10.4. The van der Waals surface area contributed by atoms with Crippen molar-refractivity contribution in [2.75, 3.05) is 42.7 Å². The average Bonchev–Trinajstić information content (AvgIpc) is 0.758. The predicted molar refractivity (Wildman–Crippen MR) is 310 cm³/mol. The number of Topliss-reactive ketones (excluding diaryl/α,β-unsaturated/α-hetero) is 2. The van der Waals surface area contributed by atoms with Gasteiger partial charge in [0.1, 0.15) is 81.2 Å². The van der Waals surface area contributed by atoms with Gasteiger partial charge in [-0.05, 0) is 109 Å². The molecule has 12 rings (SSSR count). The lowest BCUT2D eigenvalue weighted by Gasteiger charge is -2.40. The van der Waals surface area contributed by atoms with Crippen molar-refractivity contribution in [1.82, 2.24) is 0 Å². The molecule has 20 nitrogen and oxygen atoms in total. The Morgan fingerprint density at radius 2 is 0.733 bits per heavy atom. The summed E-state index contributed by atoms with van der Waals surface area (Å²) in [5, 5.41) is 121. The second kappa shape index (κ2) is 19.5. The van der Waals surface area contributed by atoms with Gasteiger partial charge in [-0.3, -0.25) is 19.2 Å². The molecule has 442 valence electrons. The van der Waals surface area contributed by atoms with E-state index < -0.39 is 128 Å². The molecule has 10 N–H and O–H groups in total. The van der Waals surface area contributed by atoms with Crippen LogP contribution in [-0.4, -0.2) is 140 Å². The molecular weight excluding hydrogens is 1110 g/mol. The summed E-state index contributed by atoms with van der Waals surface area (Å²) < 4.78 is 35.2. The first-order valence-electron chi connectivity index (χ1n) is 27.1. The maximum atomic E-state index is 15.7. The molecule has 6 unspecified atom stereocenters. The van der Waals surface area contributed by atoms with Crippen molar-refractivity contribution in [2.24, 2.45) is 0 Å². The second-order valence-corrected chi connectivity index (χ2v) is 22.9. The van der Waals surface area contributed by atoms with Gasteiger partial charge in [-0.2, -0.15) is 0 Å². The van der Waals surface area contributed by atoms with E-state index in [1.165, 1.54) is 105 Å². The highest BCUT2D eigenvalue weighted by Crippen LogP contribution is 2.63. The molecule has 6 atom stereocenters. The number of aryl methyl sites for hydroxylation is 2. The third kappa shape index (κ3) is 7.68. The second-order valence-electron chi connectivity index (χ2n) is 22.9. The Kier molecular flexibility index (Phi) is 12.9. The van der Waals surface area contributed by atoms with Crippen molar-refractivity contribution >= 4 is 44.7 Å². The molecule has 0 aromatic heterocycles. The Hall–Kier alpha value is -9.60. The highest BCUT2D eigenvalue weighted by Gasteiger charge is 2.51. The van der Waals surface area contributed by atoms with E-state index in [1.807, 2.05) is 0 Å². The molecule has 0 radical (unpaired) electrons. The molecule has 0 saturated heterocycles. The monoisotopic (exact) mass is 1170 g/mol. The first-order valence-corrected chi connectivity index (χ1v) is 27.1. The molecule has 0 heterocycles. The lowest BCUT2D eigenvalue weighted by Crippen LogP contribution is -2.50. The first-order chi connectivity index (χ1) is 40.7. The van der Waals surface area contributed by atoms with Crippen molar-refractivity contribution in [3.05, 3.63) is 139 Å². The van der Waals surface area contributed by atoms with Crippen LogP contribution in [0.5, 0.6) is 69.0 Å². The third-order valence-electron chi connectivity index (χ3n) is 17.7. The molecular formula is C66H58O20. The van der Waals surface area contributed by atoms with Gasteiger partial charge >= 0.3 is 0 Å². The molecule has 8 aromatic carbocycles. The summed E-state index contributed by atoms with van der Waals surface area (Å²) in [7, 11) is 7.89. The number of aliphatic hydroxyl groups excluding tert-OH is 2. The fourth-order valence-corrected chi connectivity index (χ4v) is 13.9. The Labute approximate surface area is 489 Å². The zero-order valence-corrected chi connectivity index (χ0v) is 48.1. The predicted octanol–water partition coefficient (Wildman–Crippen LogP) is 7.98. The zero-order chi connectivity index (χ0) is 62.0. The lowest BCUT2D eigenvalue weighted by molar-refractivity contribution is -0.0492. The maximum Gasteiger partial charge on any atom is 0.201 e. The molecule has 8 aromatic rings. The van der Waals surface area contributed by atoms with Crippen LogP contribution in [0.3, 0.4) is 0 Å². The van der Waals surface area contributed by atoms with Gasteiger partial charge in [0.25, 0.3) is 0 Å². The number of methoxy groups -OCH3 is 6. The quantitative estimate of drug-likeness (QED) is 0.0654. The summed E-state index contributed by atoms with van der Waals surface area (Å²) in [4.78, 5) is 60.0. The Morgan fingerprint density at radius 3 is 1.06 bits per heavy atom. The van der Waals surface area contributed by atoms with E-state index in [9.17, 15) is 60.7 Å². The van der Waals surface area contributed by atoms with Gasteiger partial charge in [0.2, 0.25) is 11.6 Å². The molecule has 86 heavy (non-hydrogen) atoms. The van der Waals surface area contributed by atoms with Gasteiger partial charge in [0.15, 0.2) is 11.6 Å². The summed E-state index contributed by atoms with van der Waals surface area (Å²) >= 11 is 0. The average molecular weight is 1170 g/mol. The molecule has 0 bridgehead atoms. The number of ether oxygens (including phenoxy) is 6. The van der Waals surface area contributed by atoms with E-state index in [2.05, 4.69) is 0 Å². The largest absolute Gasteiger partial charge is 0.507 e. The normalized spacial score (nSPS) is 21.0. The fraction of sp³-hybridized carbons (Fsp3) is 0.273. The molecule has 0 saturated carbocycles. The van der Waals surface area contributed by atoms with Crippen LogP contribution in [-0.2, 0) is 12.8 Å². The van der Waals surface area contributed by atoms with Crippen LogP contribution >= 0.6 is 0 Å². The molecule has 0 fully saturated rings. The minimum Gasteiger partial charge on any atom is -0.507 e. The van der Waals surface area contributed by atoms with Crippen molar-refractivity contribution in [3.8, 4) is 91.2 Å². The van der Waals surface area contributed by atoms with E-state index >= 15 is 9.59 Å². The van der Waals surface area contributed by atoms with Crippen molar-refractivity contribution in [3.63, 3.8) is 0 Å². The number of fused-ring (bicyclic) bond motifs is 8. The van der Waals surface area contributed by atoms with E-state index in [0.717, 1.165) is 0 Å². The van der Waals surface area contributed by atoms with Crippen LogP contribution in [0.25, 0.3) is 43.8 Å². The maximum absolute atomic E-state index is 15.7. The number of hydrogen-bond acceptors (Lipinski definition) is 20. The van der Waals surface area contributed by atoms with Gasteiger partial charge in [-0.1, -0.05) is 12.1 Å². The third-order valence-corrected chi connectivity index (χ3v) is 17.7. The van der Waals surface area contributed by atoms with E-state index in [4.69, 9.17) is 28.4 Å². The molecule has 0 spiro atoms. The van der Waals surface area contributed by atoms with E-state index in [0.29, 0.717) is 11.1 Å². The molecule has 4 aliphatic rings. The number of aliphatic hydroxyl groups is 4. The summed E-state index contributed by atoms with van der Waals surface area (Å²) in [6.45, 7) is 5.79. The van der Waals surface area contributed by atoms with Crippen molar-refractivity contribution in [1.29, 1.82) is 0 Å². The van der Waals surface area contributed by atoms with E-state index in [-0.39, 0.29) is 123 Å². The van der Waals surface area contributed by atoms with Crippen LogP contribution in [0.15, 0.2) is 60.7 Å². The standard InChI is InChI=1S/C66H58O20/c1-23-11-27-41(31-19-39(85-9)53(59(73)49(31)55(69)45(27)35(67)13-23)43-29-15-25(81-5)17-37(83-7)47(29)57(71)51-33(43)21-65(3,79)63(77)61(51)75)42-28-12-24(2)14-36(68)46(28)56(70)50-32(42)20-40(86-10)54(60(50)74)44-30-16-26(82-6)18-38(84-8)48(30)58(72)52-34(44)22-66(4,80)64(78)62(52)76/h11-20,41-42,63-64,67-68,71-74,77-80H,21-22H2,1-10H3. The van der Waals surface area contributed by atoms with Gasteiger partial charge in [0.05, 0.1) is 109 Å². The Morgan fingerprint density at radius 1 is 0.395 bits per heavy atom. The van der Waals surface area contributed by atoms with Gasteiger partial charge in [-0.25, -0.2) is 0 Å². The highest BCUT2D eigenvalue weighted by atomic mass is 16.5. The SMILES string of the molecule is COc1cc(OC)c2c(O)c3c(c(-c4c(OC)cc5c(c4O)C(=O)c4c(O)cc(C)cc4C5C4c5cc(C)cc(O)c5C(=O)c5c4cc(OC)c(-c4c6c(c(O)c7c(OC)cc(OC)cc47)C(=O)C(O)C(C)(O)C6)c5O)c2c1)CC(C)(O)C(O)C3=O. The zero-order valence-electron chi connectivity index (χ0n) is 48.1. The number of hydrogen-bond donors (Lipinski definition) is 10. The number of carbonyl (C=O) groups excluding carboxylic acids is 4. The van der Waals surface area contributed by atoms with Crippen molar-refractivity contribution in [2.45, 2.75) is 75.8 Å². The minimum absolute atomic E-state index is 0.0102. The van der Waals surface area contributed by atoms with Crippen LogP contribution in [0.1, 0.15) is 123 Å². The Bertz CT molecular complexity index is 4160. The van der Waals surface area contributed by atoms with Gasteiger partial charge in [0, 0.05) is 58.7 Å². The summed E-state index contributed by atoms with van der Waals surface area (Å²) in [6.07, 6.45) is -5.07. The summed E-state index contributed by atoms with van der Waals surface area (Å²) in [5.41, 5.74) is -6.07. The van der Waals surface area contributed by atoms with Crippen LogP contribution in [0, 0.1) is 13.8 Å².